The molecule has 0 aromatic carbocycles. The van der Waals surface area contributed by atoms with Crippen LogP contribution in [0.15, 0.2) is 22.3 Å². The van der Waals surface area contributed by atoms with E-state index in [2.05, 4.69) is 20.6 Å². The summed E-state index contributed by atoms with van der Waals surface area (Å²) in [4.78, 5) is 26.4. The van der Waals surface area contributed by atoms with Gasteiger partial charge in [-0.1, -0.05) is 23.2 Å². The van der Waals surface area contributed by atoms with Crippen LogP contribution in [0.25, 0.3) is 11.4 Å². The molecule has 2 aliphatic rings. The first-order valence-corrected chi connectivity index (χ1v) is 10.9. The predicted octanol–water partition coefficient (Wildman–Crippen LogP) is 2.42. The molecular formula is C21H27Cl2N6O+. The van der Waals surface area contributed by atoms with Crippen LogP contribution >= 0.6 is 23.2 Å². The average molecular weight is 450 g/mol. The molecule has 0 saturated carbocycles. The number of hydrogen-bond acceptors (Lipinski definition) is 4. The van der Waals surface area contributed by atoms with Crippen molar-refractivity contribution < 1.29 is 10.5 Å². The number of hydrogen-bond donors (Lipinski definition) is 1. The van der Waals surface area contributed by atoms with E-state index in [-0.39, 0.29) is 5.91 Å². The molecule has 0 radical (unpaired) electrons. The first kappa shape index (κ1) is 21.3. The number of likely N-dealkylation sites (tertiary alicyclic amines) is 1. The Balaban J connectivity index is 1.80. The Hall–Kier alpha value is -1.93. The standard InChI is InChI=1S/C21H26Cl2N6O/c1-12-16(9-24)19(15-5-4-13(22)8-17(15)23)29-11-18(26-21(29)25-12)20(30)28-7-6-14(10-28)27(2)3/h8,11,14H,4-7,9-10,24H2,1-3H3/p+1. The molecule has 9 heteroatoms. The molecule has 0 spiro atoms. The molecule has 1 saturated heterocycles. The summed E-state index contributed by atoms with van der Waals surface area (Å²) in [5, 5.41) is 1.36. The third kappa shape index (κ3) is 3.75. The van der Waals surface area contributed by atoms with Gasteiger partial charge in [-0.2, -0.15) is 0 Å². The number of carbonyl (C=O) groups excluding carboxylic acids is 1. The van der Waals surface area contributed by atoms with Crippen molar-refractivity contribution >= 4 is 40.5 Å². The molecule has 1 aliphatic heterocycles. The van der Waals surface area contributed by atoms with Gasteiger partial charge in [-0.05, 0) is 51.9 Å². The van der Waals surface area contributed by atoms with Gasteiger partial charge in [0.2, 0.25) is 5.78 Å². The van der Waals surface area contributed by atoms with Gasteiger partial charge in [-0.25, -0.2) is 9.97 Å². The normalized spacial score (nSPS) is 19.9. The number of amides is 1. The van der Waals surface area contributed by atoms with Crippen LogP contribution < -0.4 is 5.73 Å². The zero-order valence-electron chi connectivity index (χ0n) is 17.6. The summed E-state index contributed by atoms with van der Waals surface area (Å²) in [6, 6.07) is 0.377. The van der Waals surface area contributed by atoms with Crippen LogP contribution in [0, 0.1) is 6.92 Å². The van der Waals surface area contributed by atoms with Gasteiger partial charge >= 0.3 is 0 Å². The van der Waals surface area contributed by atoms with E-state index < -0.39 is 0 Å². The van der Waals surface area contributed by atoms with Crippen molar-refractivity contribution in [3.63, 3.8) is 0 Å². The summed E-state index contributed by atoms with van der Waals surface area (Å²) < 4.78 is 1.89. The number of aromatic nitrogens is 3. The van der Waals surface area contributed by atoms with Crippen molar-refractivity contribution in [3.05, 3.63) is 45.0 Å². The second kappa shape index (κ2) is 8.30. The van der Waals surface area contributed by atoms with Crippen molar-refractivity contribution in [2.24, 2.45) is 0 Å². The van der Waals surface area contributed by atoms with Crippen LogP contribution in [0.2, 0.25) is 0 Å². The van der Waals surface area contributed by atoms with Gasteiger partial charge < -0.3 is 15.5 Å². The second-order valence-electron chi connectivity index (χ2n) is 8.15. The summed E-state index contributed by atoms with van der Waals surface area (Å²) in [6.07, 6.45) is 6.00. The fourth-order valence-corrected chi connectivity index (χ4v) is 4.86. The second-order valence-corrected chi connectivity index (χ2v) is 9.04. The summed E-state index contributed by atoms with van der Waals surface area (Å²) in [6.45, 7) is 3.96. The number of imidazole rings is 1. The largest absolute Gasteiger partial charge is 0.354 e. The van der Waals surface area contributed by atoms with Crippen molar-refractivity contribution in [2.75, 3.05) is 27.2 Å². The first-order chi connectivity index (χ1) is 14.3. The maximum Gasteiger partial charge on any atom is 0.274 e. The monoisotopic (exact) mass is 449 g/mol. The van der Waals surface area contributed by atoms with Gasteiger partial charge in [-0.3, -0.25) is 9.20 Å². The molecule has 4 rings (SSSR count). The van der Waals surface area contributed by atoms with E-state index in [4.69, 9.17) is 23.2 Å². The number of quaternary nitrogens is 1. The van der Waals surface area contributed by atoms with Crippen LogP contribution in [0.1, 0.15) is 46.7 Å². The molecule has 3 heterocycles. The van der Waals surface area contributed by atoms with Gasteiger partial charge in [0.05, 0.1) is 17.0 Å². The summed E-state index contributed by atoms with van der Waals surface area (Å²) >= 11 is 12.8. The van der Waals surface area contributed by atoms with Gasteiger partial charge in [0.1, 0.15) is 12.2 Å². The van der Waals surface area contributed by atoms with Gasteiger partial charge in [0.25, 0.3) is 5.91 Å². The van der Waals surface area contributed by atoms with E-state index in [0.29, 0.717) is 35.6 Å². The third-order valence-corrected chi connectivity index (χ3v) is 6.68. The molecule has 2 aromatic rings. The van der Waals surface area contributed by atoms with Gasteiger partial charge in [-0.15, -0.1) is 0 Å². The quantitative estimate of drug-likeness (QED) is 0.776. The number of carbonyl (C=O) groups is 1. The molecule has 1 amide bonds. The average Bonchev–Trinajstić information content (AvgIpc) is 3.34. The van der Waals surface area contributed by atoms with Crippen molar-refractivity contribution in [2.45, 2.75) is 38.8 Å². The molecule has 1 aliphatic carbocycles. The molecule has 1 fully saturated rings. The first-order valence-electron chi connectivity index (χ1n) is 10.2. The maximum absolute atomic E-state index is 13.1. The van der Waals surface area contributed by atoms with Crippen LogP contribution in [0.5, 0.6) is 0 Å². The third-order valence-electron chi connectivity index (χ3n) is 6.04. The fourth-order valence-electron chi connectivity index (χ4n) is 4.28. The molecular weight excluding hydrogens is 423 g/mol. The maximum atomic E-state index is 13.1. The Morgan fingerprint density at radius 2 is 2.07 bits per heavy atom. The molecule has 7 nitrogen and oxygen atoms in total. The smallest absolute Gasteiger partial charge is 0.274 e. The molecule has 3 N–H and O–H groups in total. The number of allylic oxidation sites excluding steroid dienone is 4. The van der Waals surface area contributed by atoms with Crippen molar-refractivity contribution in [1.29, 1.82) is 0 Å². The summed E-state index contributed by atoms with van der Waals surface area (Å²) in [5.74, 6) is 0.445. The molecule has 1 atom stereocenters. The molecule has 0 bridgehead atoms. The lowest BCUT2D eigenvalue weighted by Gasteiger charge is -2.19. The van der Waals surface area contributed by atoms with Crippen molar-refractivity contribution in [1.82, 2.24) is 24.2 Å². The van der Waals surface area contributed by atoms with Crippen LogP contribution in [0.3, 0.4) is 0 Å². The highest BCUT2D eigenvalue weighted by Gasteiger charge is 2.30. The van der Waals surface area contributed by atoms with E-state index in [0.717, 1.165) is 53.4 Å². The lowest BCUT2D eigenvalue weighted by Crippen LogP contribution is -2.48. The zero-order valence-corrected chi connectivity index (χ0v) is 19.1. The number of rotatable bonds is 4. The van der Waals surface area contributed by atoms with Crippen LogP contribution in [0.4, 0.5) is 0 Å². The fraction of sp³-hybridized carbons (Fsp3) is 0.476. The highest BCUT2D eigenvalue weighted by Crippen LogP contribution is 2.37. The number of nitrogens with zero attached hydrogens (tertiary/aromatic N) is 5. The molecule has 2 aromatic heterocycles. The molecule has 30 heavy (non-hydrogen) atoms. The highest BCUT2D eigenvalue weighted by atomic mass is 35.5. The van der Waals surface area contributed by atoms with E-state index in [1.165, 1.54) is 0 Å². The Morgan fingerprint density at radius 3 is 2.70 bits per heavy atom. The SMILES string of the molecule is Cc1nc2nc(C(=O)N3CCC(N(C)C)C3)cn2c(C2=C(Cl)C=C(Cl)CC2)c1C[NH3+]. The van der Waals surface area contributed by atoms with Gasteiger partial charge in [0, 0.05) is 35.4 Å². The van der Waals surface area contributed by atoms with E-state index in [1.807, 2.05) is 30.3 Å². The van der Waals surface area contributed by atoms with Gasteiger partial charge in [0.15, 0.2) is 0 Å². The highest BCUT2D eigenvalue weighted by molar-refractivity contribution is 6.37. The lowest BCUT2D eigenvalue weighted by molar-refractivity contribution is -0.386. The van der Waals surface area contributed by atoms with Crippen LogP contribution in [-0.4, -0.2) is 63.3 Å². The summed E-state index contributed by atoms with van der Waals surface area (Å²) in [5.41, 5.74) is 8.27. The number of fused-ring (bicyclic) bond motifs is 1. The number of halogens is 2. The Morgan fingerprint density at radius 1 is 1.30 bits per heavy atom. The lowest BCUT2D eigenvalue weighted by atomic mass is 9.97. The Kier molecular flexibility index (Phi) is 5.90. The molecule has 1 unspecified atom stereocenters. The molecule has 160 valence electrons. The van der Waals surface area contributed by atoms with E-state index in [1.54, 1.807) is 12.3 Å². The minimum atomic E-state index is -0.0590. The van der Waals surface area contributed by atoms with E-state index in [9.17, 15) is 4.79 Å². The van der Waals surface area contributed by atoms with Crippen LogP contribution in [-0.2, 0) is 6.54 Å². The topological polar surface area (TPSA) is 81.4 Å². The van der Waals surface area contributed by atoms with Crippen molar-refractivity contribution in [3.8, 4) is 0 Å². The van der Waals surface area contributed by atoms with E-state index >= 15 is 0 Å². The predicted molar refractivity (Wildman–Crippen MR) is 118 cm³/mol. The number of likely N-dealkylation sites (N-methyl/N-ethyl adjacent to an activating group) is 1. The Labute approximate surface area is 186 Å². The minimum absolute atomic E-state index is 0.0590. The zero-order chi connectivity index (χ0) is 21.6. The summed E-state index contributed by atoms with van der Waals surface area (Å²) in [7, 11) is 4.09. The number of aryl methyl sites for hydroxylation is 1. The Bertz CT molecular complexity index is 1070. The minimum Gasteiger partial charge on any atom is -0.354 e.